The van der Waals surface area contributed by atoms with Gasteiger partial charge in [0, 0.05) is 31.8 Å². The van der Waals surface area contributed by atoms with Crippen LogP contribution in [0.4, 0.5) is 13.2 Å². The molecule has 0 bridgehead atoms. The normalized spacial score (nSPS) is 11.7. The Morgan fingerprint density at radius 1 is 1.05 bits per heavy atom. The molecule has 0 atom stereocenters. The highest BCUT2D eigenvalue weighted by Crippen LogP contribution is 2.30. The third kappa shape index (κ3) is 7.78. The zero-order valence-electron chi connectivity index (χ0n) is 23.0. The predicted octanol–water partition coefficient (Wildman–Crippen LogP) is 5.31. The Morgan fingerprint density at radius 2 is 1.75 bits per heavy atom. The van der Waals surface area contributed by atoms with Gasteiger partial charge in [-0.1, -0.05) is 24.3 Å². The molecular formula is C29H32F3N3O5. The van der Waals surface area contributed by atoms with Gasteiger partial charge in [0.15, 0.2) is 11.4 Å². The Balaban J connectivity index is 1.74. The number of esters is 1. The fraction of sp³-hybridized carbons (Fsp3) is 0.379. The summed E-state index contributed by atoms with van der Waals surface area (Å²) in [6.45, 7) is 7.55. The van der Waals surface area contributed by atoms with Crippen LogP contribution in [0.3, 0.4) is 0 Å². The summed E-state index contributed by atoms with van der Waals surface area (Å²) in [6, 6.07) is 9.86. The molecule has 8 nitrogen and oxygen atoms in total. The molecule has 1 N–H and O–H groups in total. The van der Waals surface area contributed by atoms with Gasteiger partial charge in [-0.25, -0.2) is 14.8 Å². The van der Waals surface area contributed by atoms with Gasteiger partial charge in [0.05, 0.1) is 30.0 Å². The Kier molecular flexibility index (Phi) is 9.86. The number of ether oxygens (including phenoxy) is 3. The third-order valence-corrected chi connectivity index (χ3v) is 5.95. The Morgan fingerprint density at radius 3 is 2.35 bits per heavy atom. The number of methoxy groups -OCH3 is 1. The van der Waals surface area contributed by atoms with Crippen molar-refractivity contribution in [3.05, 3.63) is 76.6 Å². The first-order valence-electron chi connectivity index (χ1n) is 12.6. The van der Waals surface area contributed by atoms with Crippen molar-refractivity contribution in [3.63, 3.8) is 0 Å². The van der Waals surface area contributed by atoms with Crippen LogP contribution in [0.2, 0.25) is 0 Å². The van der Waals surface area contributed by atoms with Crippen molar-refractivity contribution in [1.82, 2.24) is 15.3 Å². The molecule has 214 valence electrons. The largest absolute Gasteiger partial charge is 0.476 e. The molecule has 0 aliphatic carbocycles. The van der Waals surface area contributed by atoms with Crippen molar-refractivity contribution in [2.75, 3.05) is 20.3 Å². The predicted molar refractivity (Wildman–Crippen MR) is 142 cm³/mol. The Hall–Kier alpha value is -3.99. The minimum atomic E-state index is -4.45. The molecule has 0 saturated heterocycles. The number of aromatic nitrogens is 2. The van der Waals surface area contributed by atoms with Gasteiger partial charge in [0.1, 0.15) is 5.75 Å². The van der Waals surface area contributed by atoms with Gasteiger partial charge in [-0.15, -0.1) is 0 Å². The number of amides is 1. The van der Waals surface area contributed by atoms with Gasteiger partial charge in [-0.3, -0.25) is 4.79 Å². The summed E-state index contributed by atoms with van der Waals surface area (Å²) in [5.41, 5.74) is 0.668. The number of hydrogen-bond donors (Lipinski definition) is 1. The molecule has 1 heterocycles. The number of carbonyl (C=O) groups is 2. The number of benzene rings is 2. The number of alkyl halides is 3. The smallest absolute Gasteiger partial charge is 0.416 e. The van der Waals surface area contributed by atoms with E-state index in [0.29, 0.717) is 23.4 Å². The van der Waals surface area contributed by atoms with Crippen LogP contribution in [-0.2, 0) is 33.4 Å². The number of hydrogen-bond acceptors (Lipinski definition) is 7. The topological polar surface area (TPSA) is 99.6 Å². The number of rotatable bonds is 11. The molecule has 1 amide bonds. The number of nitrogens with zero attached hydrogens (tertiary/aromatic N) is 2. The highest BCUT2D eigenvalue weighted by molar-refractivity contribution is 5.95. The van der Waals surface area contributed by atoms with Crippen LogP contribution in [0, 0.1) is 6.92 Å². The summed E-state index contributed by atoms with van der Waals surface area (Å²) in [5, 5.41) is 2.85. The van der Waals surface area contributed by atoms with E-state index >= 15 is 0 Å². The lowest BCUT2D eigenvalue weighted by Gasteiger charge is -2.25. The monoisotopic (exact) mass is 559 g/mol. The number of aryl methyl sites for hydroxylation is 1. The van der Waals surface area contributed by atoms with Crippen molar-refractivity contribution in [3.8, 4) is 17.1 Å². The lowest BCUT2D eigenvalue weighted by molar-refractivity contribution is -0.158. The second-order valence-corrected chi connectivity index (χ2v) is 9.49. The quantitative estimate of drug-likeness (QED) is 0.318. The fourth-order valence-corrected chi connectivity index (χ4v) is 3.78. The minimum Gasteiger partial charge on any atom is -0.476 e. The van der Waals surface area contributed by atoms with E-state index in [1.165, 1.54) is 25.4 Å². The summed E-state index contributed by atoms with van der Waals surface area (Å²) in [7, 11) is 1.52. The molecule has 40 heavy (non-hydrogen) atoms. The highest BCUT2D eigenvalue weighted by Gasteiger charge is 2.32. The van der Waals surface area contributed by atoms with E-state index in [-0.39, 0.29) is 31.1 Å². The molecule has 3 rings (SSSR count). The zero-order chi connectivity index (χ0) is 29.5. The molecule has 0 aliphatic heterocycles. The van der Waals surface area contributed by atoms with Crippen LogP contribution in [0.15, 0.2) is 48.7 Å². The first-order valence-corrected chi connectivity index (χ1v) is 12.6. The molecule has 0 saturated carbocycles. The summed E-state index contributed by atoms with van der Waals surface area (Å²) in [6.07, 6.45) is -2.78. The van der Waals surface area contributed by atoms with Crippen LogP contribution in [0.1, 0.15) is 53.5 Å². The number of carbonyl (C=O) groups excluding carboxylic acids is 2. The van der Waals surface area contributed by atoms with Crippen molar-refractivity contribution in [2.24, 2.45) is 0 Å². The van der Waals surface area contributed by atoms with E-state index in [9.17, 15) is 22.8 Å². The SMILES string of the molecule is CCOC(=O)C(C)(C)Oc1ccc(CNC(=O)c2cnc(-c3ccc(C(F)(F)F)cc3)nc2CCOC)cc1C. The molecule has 2 aromatic carbocycles. The van der Waals surface area contributed by atoms with Gasteiger partial charge in [0.25, 0.3) is 5.91 Å². The van der Waals surface area contributed by atoms with Crippen LogP contribution >= 0.6 is 0 Å². The average molecular weight is 560 g/mol. The summed E-state index contributed by atoms with van der Waals surface area (Å²) in [4.78, 5) is 33.9. The van der Waals surface area contributed by atoms with Gasteiger partial charge in [-0.2, -0.15) is 13.2 Å². The van der Waals surface area contributed by atoms with E-state index < -0.39 is 29.2 Å². The fourth-order valence-electron chi connectivity index (χ4n) is 3.78. The van der Waals surface area contributed by atoms with Crippen LogP contribution in [0.5, 0.6) is 5.75 Å². The second-order valence-electron chi connectivity index (χ2n) is 9.49. The number of halogens is 3. The van der Waals surface area contributed by atoms with Crippen molar-refractivity contribution >= 4 is 11.9 Å². The van der Waals surface area contributed by atoms with Crippen molar-refractivity contribution < 1.29 is 37.0 Å². The van der Waals surface area contributed by atoms with Gasteiger partial charge in [0.2, 0.25) is 0 Å². The molecule has 0 unspecified atom stereocenters. The zero-order valence-corrected chi connectivity index (χ0v) is 23.0. The molecule has 3 aromatic rings. The lowest BCUT2D eigenvalue weighted by atomic mass is 10.1. The summed E-state index contributed by atoms with van der Waals surface area (Å²) in [5.74, 6) is -0.163. The van der Waals surface area contributed by atoms with E-state index in [1.54, 1.807) is 32.9 Å². The first-order chi connectivity index (χ1) is 18.9. The van der Waals surface area contributed by atoms with Gasteiger partial charge in [-0.05, 0) is 57.0 Å². The average Bonchev–Trinajstić information content (AvgIpc) is 2.91. The lowest BCUT2D eigenvalue weighted by Crippen LogP contribution is -2.39. The maximum absolute atomic E-state index is 13.0. The van der Waals surface area contributed by atoms with Crippen LogP contribution in [0.25, 0.3) is 11.4 Å². The maximum Gasteiger partial charge on any atom is 0.416 e. The van der Waals surface area contributed by atoms with E-state index in [1.807, 2.05) is 13.0 Å². The second kappa shape index (κ2) is 12.9. The Bertz CT molecular complexity index is 1340. The van der Waals surface area contributed by atoms with Crippen molar-refractivity contribution in [1.29, 1.82) is 0 Å². The van der Waals surface area contributed by atoms with Gasteiger partial charge < -0.3 is 19.5 Å². The molecule has 11 heteroatoms. The molecule has 0 aliphatic rings. The molecule has 0 radical (unpaired) electrons. The number of nitrogens with one attached hydrogen (secondary N) is 1. The third-order valence-electron chi connectivity index (χ3n) is 5.95. The molecule has 1 aromatic heterocycles. The van der Waals surface area contributed by atoms with E-state index in [0.717, 1.165) is 23.3 Å². The summed E-state index contributed by atoms with van der Waals surface area (Å²) < 4.78 is 54.8. The molecular weight excluding hydrogens is 527 g/mol. The molecule has 0 spiro atoms. The highest BCUT2D eigenvalue weighted by atomic mass is 19.4. The Labute approximate surface area is 230 Å². The van der Waals surface area contributed by atoms with Gasteiger partial charge >= 0.3 is 12.1 Å². The standard InChI is InChI=1S/C29H32F3N3O5/c1-6-39-27(37)28(3,4)40-24-12-7-19(15-18(24)2)16-34-26(36)22-17-33-25(35-23(22)13-14-38-5)20-8-10-21(11-9-20)29(30,31)32/h7-12,15,17H,6,13-14,16H2,1-5H3,(H,34,36). The van der Waals surface area contributed by atoms with Crippen LogP contribution < -0.4 is 10.1 Å². The van der Waals surface area contributed by atoms with Crippen molar-refractivity contribution in [2.45, 2.75) is 52.4 Å². The minimum absolute atomic E-state index is 0.200. The maximum atomic E-state index is 13.0. The van der Waals surface area contributed by atoms with E-state index in [2.05, 4.69) is 15.3 Å². The molecule has 0 fully saturated rings. The van der Waals surface area contributed by atoms with Crippen LogP contribution in [-0.4, -0.2) is 47.8 Å². The van der Waals surface area contributed by atoms with E-state index in [4.69, 9.17) is 14.2 Å². The first kappa shape index (κ1) is 30.6. The summed E-state index contributed by atoms with van der Waals surface area (Å²) >= 11 is 0.